The molecular weight excluding hydrogens is 226 g/mol. The fourth-order valence-corrected chi connectivity index (χ4v) is 2.39. The molecule has 0 spiro atoms. The quantitative estimate of drug-likeness (QED) is 0.754. The molecule has 1 fully saturated rings. The summed E-state index contributed by atoms with van der Waals surface area (Å²) in [6, 6.07) is 6.19. The van der Waals surface area contributed by atoms with Crippen LogP contribution in [0.15, 0.2) is 18.2 Å². The fourth-order valence-electron chi connectivity index (χ4n) is 2.39. The maximum Gasteiger partial charge on any atom is 0.122 e. The van der Waals surface area contributed by atoms with Crippen molar-refractivity contribution >= 4 is 0 Å². The van der Waals surface area contributed by atoms with Gasteiger partial charge < -0.3 is 14.8 Å². The van der Waals surface area contributed by atoms with Crippen molar-refractivity contribution in [2.24, 2.45) is 5.92 Å². The van der Waals surface area contributed by atoms with E-state index in [4.69, 9.17) is 9.47 Å². The highest BCUT2D eigenvalue weighted by Crippen LogP contribution is 2.48. The topological polar surface area (TPSA) is 30.5 Å². The van der Waals surface area contributed by atoms with E-state index in [9.17, 15) is 0 Å². The first-order chi connectivity index (χ1) is 8.78. The summed E-state index contributed by atoms with van der Waals surface area (Å²) < 4.78 is 10.6. The van der Waals surface area contributed by atoms with E-state index < -0.39 is 0 Å². The van der Waals surface area contributed by atoms with Crippen LogP contribution in [0.25, 0.3) is 0 Å². The van der Waals surface area contributed by atoms with Crippen molar-refractivity contribution in [3.8, 4) is 11.5 Å². The molecule has 0 saturated heterocycles. The second-order valence-corrected chi connectivity index (χ2v) is 4.95. The largest absolute Gasteiger partial charge is 0.497 e. The fraction of sp³-hybridized carbons (Fsp3) is 0.600. The van der Waals surface area contributed by atoms with Gasteiger partial charge in [-0.2, -0.15) is 0 Å². The lowest BCUT2D eigenvalue weighted by molar-refractivity contribution is 0.393. The van der Waals surface area contributed by atoms with Gasteiger partial charge in [0.15, 0.2) is 0 Å². The summed E-state index contributed by atoms with van der Waals surface area (Å²) in [6.07, 6.45) is 2.47. The first-order valence-corrected chi connectivity index (χ1v) is 6.72. The first-order valence-electron chi connectivity index (χ1n) is 6.72. The zero-order valence-corrected chi connectivity index (χ0v) is 11.5. The van der Waals surface area contributed by atoms with E-state index in [1.807, 2.05) is 6.07 Å². The zero-order valence-electron chi connectivity index (χ0n) is 11.5. The second kappa shape index (κ2) is 6.10. The Hall–Kier alpha value is -1.22. The van der Waals surface area contributed by atoms with Gasteiger partial charge >= 0.3 is 0 Å². The molecule has 0 amide bonds. The summed E-state index contributed by atoms with van der Waals surface area (Å²) in [7, 11) is 3.40. The molecule has 3 nitrogen and oxygen atoms in total. The van der Waals surface area contributed by atoms with E-state index >= 15 is 0 Å². The molecule has 2 atom stereocenters. The van der Waals surface area contributed by atoms with Gasteiger partial charge in [0.2, 0.25) is 0 Å². The van der Waals surface area contributed by atoms with Gasteiger partial charge in [-0.05, 0) is 55.5 Å². The summed E-state index contributed by atoms with van der Waals surface area (Å²) in [6.45, 7) is 4.44. The van der Waals surface area contributed by atoms with Crippen LogP contribution >= 0.6 is 0 Å². The molecule has 0 radical (unpaired) electrons. The van der Waals surface area contributed by atoms with Crippen molar-refractivity contribution in [3.05, 3.63) is 23.8 Å². The van der Waals surface area contributed by atoms with Crippen LogP contribution in [0.4, 0.5) is 0 Å². The molecule has 0 aliphatic heterocycles. The van der Waals surface area contributed by atoms with Crippen molar-refractivity contribution in [1.82, 2.24) is 5.32 Å². The van der Waals surface area contributed by atoms with Crippen LogP contribution in [-0.2, 0) is 0 Å². The Bertz CT molecular complexity index is 370. The van der Waals surface area contributed by atoms with Crippen LogP contribution in [0, 0.1) is 5.92 Å². The molecule has 1 N–H and O–H groups in total. The lowest BCUT2D eigenvalue weighted by atomic mass is 10.1. The molecule has 1 aromatic rings. The van der Waals surface area contributed by atoms with Crippen LogP contribution < -0.4 is 14.8 Å². The molecule has 0 aromatic heterocycles. The Kier molecular flexibility index (Phi) is 4.48. The van der Waals surface area contributed by atoms with E-state index in [0.29, 0.717) is 5.92 Å². The minimum absolute atomic E-state index is 0.665. The maximum absolute atomic E-state index is 5.31. The summed E-state index contributed by atoms with van der Waals surface area (Å²) in [5, 5.41) is 3.49. The number of hydrogen-bond donors (Lipinski definition) is 1. The van der Waals surface area contributed by atoms with Gasteiger partial charge in [0.05, 0.1) is 14.2 Å². The van der Waals surface area contributed by atoms with Gasteiger partial charge in [0.25, 0.3) is 0 Å². The SMILES string of the molecule is CCCNCC1CC1c1cc(OC)cc(OC)c1. The van der Waals surface area contributed by atoms with Crippen molar-refractivity contribution < 1.29 is 9.47 Å². The minimum Gasteiger partial charge on any atom is -0.497 e. The van der Waals surface area contributed by atoms with Crippen molar-refractivity contribution in [2.75, 3.05) is 27.3 Å². The smallest absolute Gasteiger partial charge is 0.122 e. The highest BCUT2D eigenvalue weighted by Gasteiger charge is 2.38. The van der Waals surface area contributed by atoms with Crippen LogP contribution in [0.2, 0.25) is 0 Å². The number of benzene rings is 1. The van der Waals surface area contributed by atoms with Crippen molar-refractivity contribution in [1.29, 1.82) is 0 Å². The Balaban J connectivity index is 1.97. The predicted molar refractivity (Wildman–Crippen MR) is 73.6 cm³/mol. The molecule has 0 bridgehead atoms. The van der Waals surface area contributed by atoms with Gasteiger partial charge in [-0.15, -0.1) is 0 Å². The van der Waals surface area contributed by atoms with Gasteiger partial charge in [-0.1, -0.05) is 6.92 Å². The number of ether oxygens (including phenoxy) is 2. The molecule has 1 aliphatic rings. The summed E-state index contributed by atoms with van der Waals surface area (Å²) >= 11 is 0. The molecule has 1 aliphatic carbocycles. The molecule has 2 rings (SSSR count). The lowest BCUT2D eigenvalue weighted by Crippen LogP contribution is -2.17. The number of hydrogen-bond acceptors (Lipinski definition) is 3. The van der Waals surface area contributed by atoms with E-state index in [1.54, 1.807) is 14.2 Å². The third kappa shape index (κ3) is 3.16. The maximum atomic E-state index is 5.31. The summed E-state index contributed by atoms with van der Waals surface area (Å²) in [5.41, 5.74) is 1.34. The Morgan fingerprint density at radius 2 is 1.83 bits per heavy atom. The Morgan fingerprint density at radius 3 is 2.39 bits per heavy atom. The highest BCUT2D eigenvalue weighted by atomic mass is 16.5. The molecule has 18 heavy (non-hydrogen) atoms. The van der Waals surface area contributed by atoms with E-state index in [1.165, 1.54) is 18.4 Å². The third-order valence-corrected chi connectivity index (χ3v) is 3.56. The molecular formula is C15H23NO2. The highest BCUT2D eigenvalue weighted by molar-refractivity contribution is 5.42. The third-order valence-electron chi connectivity index (χ3n) is 3.56. The monoisotopic (exact) mass is 249 g/mol. The predicted octanol–water partition coefficient (Wildman–Crippen LogP) is 2.81. The second-order valence-electron chi connectivity index (χ2n) is 4.95. The molecule has 3 heteroatoms. The average molecular weight is 249 g/mol. The number of rotatable bonds is 7. The van der Waals surface area contributed by atoms with E-state index in [0.717, 1.165) is 30.5 Å². The zero-order chi connectivity index (χ0) is 13.0. The molecule has 0 heterocycles. The average Bonchev–Trinajstić information content (AvgIpc) is 3.18. The number of nitrogens with one attached hydrogen (secondary N) is 1. The van der Waals surface area contributed by atoms with Gasteiger partial charge in [0.1, 0.15) is 11.5 Å². The van der Waals surface area contributed by atoms with E-state index in [-0.39, 0.29) is 0 Å². The lowest BCUT2D eigenvalue weighted by Gasteiger charge is -2.08. The molecule has 1 saturated carbocycles. The number of methoxy groups -OCH3 is 2. The Morgan fingerprint density at radius 1 is 1.17 bits per heavy atom. The van der Waals surface area contributed by atoms with E-state index in [2.05, 4.69) is 24.4 Å². The minimum atomic E-state index is 0.665. The molecule has 2 unspecified atom stereocenters. The summed E-state index contributed by atoms with van der Waals surface area (Å²) in [5.74, 6) is 3.21. The van der Waals surface area contributed by atoms with Gasteiger partial charge in [-0.3, -0.25) is 0 Å². The molecule has 100 valence electrons. The molecule has 1 aromatic carbocycles. The van der Waals surface area contributed by atoms with Crippen LogP contribution in [0.5, 0.6) is 11.5 Å². The van der Waals surface area contributed by atoms with Crippen molar-refractivity contribution in [3.63, 3.8) is 0 Å². The van der Waals surface area contributed by atoms with Crippen LogP contribution in [-0.4, -0.2) is 27.3 Å². The summed E-state index contributed by atoms with van der Waals surface area (Å²) in [4.78, 5) is 0. The van der Waals surface area contributed by atoms with Crippen LogP contribution in [0.1, 0.15) is 31.2 Å². The standard InChI is InChI=1S/C15H23NO2/c1-4-5-16-10-12-8-15(12)11-6-13(17-2)9-14(7-11)18-3/h6-7,9,12,15-16H,4-5,8,10H2,1-3H3. The van der Waals surface area contributed by atoms with Crippen LogP contribution in [0.3, 0.4) is 0 Å². The van der Waals surface area contributed by atoms with Gasteiger partial charge in [0, 0.05) is 6.07 Å². The van der Waals surface area contributed by atoms with Gasteiger partial charge in [-0.25, -0.2) is 0 Å². The first kappa shape index (κ1) is 13.2. The van der Waals surface area contributed by atoms with Crippen molar-refractivity contribution in [2.45, 2.75) is 25.7 Å². The Labute approximate surface area is 109 Å². The normalized spacial score (nSPS) is 21.7.